The molecule has 2 N–H and O–H groups in total. The van der Waals surface area contributed by atoms with E-state index in [9.17, 15) is 4.39 Å². The van der Waals surface area contributed by atoms with E-state index in [0.717, 1.165) is 12.8 Å². The van der Waals surface area contributed by atoms with E-state index in [4.69, 9.17) is 10.5 Å². The highest BCUT2D eigenvalue weighted by atomic mass is 19.1. The summed E-state index contributed by atoms with van der Waals surface area (Å²) in [6.07, 6.45) is 3.47. The molecule has 82 valence electrons. The summed E-state index contributed by atoms with van der Waals surface area (Å²) < 4.78 is 18.4. The summed E-state index contributed by atoms with van der Waals surface area (Å²) in [5.74, 6) is 0.331. The second kappa shape index (κ2) is 4.19. The Balaban J connectivity index is 1.92. The van der Waals surface area contributed by atoms with Gasteiger partial charge in [-0.3, -0.25) is 0 Å². The Morgan fingerprint density at radius 2 is 2.20 bits per heavy atom. The largest absolute Gasteiger partial charge is 0.493 e. The molecule has 0 atom stereocenters. The molecule has 0 bridgehead atoms. The van der Waals surface area contributed by atoms with Gasteiger partial charge in [0.25, 0.3) is 0 Å². The molecule has 1 aromatic rings. The van der Waals surface area contributed by atoms with Crippen LogP contribution in [0.25, 0.3) is 0 Å². The van der Waals surface area contributed by atoms with Crippen LogP contribution >= 0.6 is 0 Å². The molecule has 0 saturated heterocycles. The van der Waals surface area contributed by atoms with Crippen LogP contribution in [0.2, 0.25) is 0 Å². The third-order valence-electron chi connectivity index (χ3n) is 3.19. The lowest BCUT2D eigenvalue weighted by molar-refractivity contribution is 0.0666. The molecule has 2 rings (SSSR count). The fourth-order valence-electron chi connectivity index (χ4n) is 1.88. The molecule has 0 aromatic heterocycles. The zero-order valence-corrected chi connectivity index (χ0v) is 8.71. The minimum atomic E-state index is -0.261. The Bertz CT molecular complexity index is 331. The predicted octanol–water partition coefficient (Wildman–Crippen LogP) is 2.33. The SMILES string of the molecule is NCC1(COc2cccc(F)c2)CCC1. The van der Waals surface area contributed by atoms with E-state index in [1.165, 1.54) is 18.6 Å². The Morgan fingerprint density at radius 3 is 2.73 bits per heavy atom. The van der Waals surface area contributed by atoms with Crippen LogP contribution in [0, 0.1) is 11.2 Å². The van der Waals surface area contributed by atoms with Crippen LogP contribution in [-0.2, 0) is 0 Å². The van der Waals surface area contributed by atoms with Crippen LogP contribution in [0.4, 0.5) is 4.39 Å². The lowest BCUT2D eigenvalue weighted by Crippen LogP contribution is -2.42. The highest BCUT2D eigenvalue weighted by molar-refractivity contribution is 5.22. The van der Waals surface area contributed by atoms with E-state index in [0.29, 0.717) is 18.9 Å². The Labute approximate surface area is 89.2 Å². The monoisotopic (exact) mass is 209 g/mol. The molecular weight excluding hydrogens is 193 g/mol. The van der Waals surface area contributed by atoms with Gasteiger partial charge in [-0.25, -0.2) is 4.39 Å². The first kappa shape index (κ1) is 10.4. The second-order valence-corrected chi connectivity index (χ2v) is 4.30. The number of hydrogen-bond donors (Lipinski definition) is 1. The van der Waals surface area contributed by atoms with E-state index < -0.39 is 0 Å². The van der Waals surface area contributed by atoms with Crippen molar-refractivity contribution in [2.24, 2.45) is 11.1 Å². The highest BCUT2D eigenvalue weighted by Crippen LogP contribution is 2.40. The summed E-state index contributed by atoms with van der Waals surface area (Å²) in [5.41, 5.74) is 5.85. The molecule has 1 aliphatic carbocycles. The highest BCUT2D eigenvalue weighted by Gasteiger charge is 2.36. The van der Waals surface area contributed by atoms with Gasteiger partial charge in [-0.2, -0.15) is 0 Å². The lowest BCUT2D eigenvalue weighted by atomic mass is 9.69. The molecule has 15 heavy (non-hydrogen) atoms. The van der Waals surface area contributed by atoms with Crippen LogP contribution < -0.4 is 10.5 Å². The van der Waals surface area contributed by atoms with Gasteiger partial charge < -0.3 is 10.5 Å². The average molecular weight is 209 g/mol. The third kappa shape index (κ3) is 2.29. The first-order valence-electron chi connectivity index (χ1n) is 5.33. The number of benzene rings is 1. The predicted molar refractivity (Wildman–Crippen MR) is 57.2 cm³/mol. The van der Waals surface area contributed by atoms with E-state index in [2.05, 4.69) is 0 Å². The average Bonchev–Trinajstić information content (AvgIpc) is 2.17. The number of nitrogens with two attached hydrogens (primary N) is 1. The first-order valence-corrected chi connectivity index (χ1v) is 5.33. The van der Waals surface area contributed by atoms with Gasteiger partial charge in [0.1, 0.15) is 11.6 Å². The van der Waals surface area contributed by atoms with Crippen molar-refractivity contribution >= 4 is 0 Å². The molecule has 0 radical (unpaired) electrons. The standard InChI is InChI=1S/C12H16FNO/c13-10-3-1-4-11(7-10)15-9-12(8-14)5-2-6-12/h1,3-4,7H,2,5-6,8-9,14H2. The van der Waals surface area contributed by atoms with E-state index in [1.54, 1.807) is 12.1 Å². The molecule has 1 aliphatic rings. The minimum absolute atomic E-state index is 0.145. The normalized spacial score (nSPS) is 18.3. The summed E-state index contributed by atoms with van der Waals surface area (Å²) in [7, 11) is 0. The molecule has 0 amide bonds. The summed E-state index contributed by atoms with van der Waals surface area (Å²) in [4.78, 5) is 0. The van der Waals surface area contributed by atoms with Gasteiger partial charge in [0.15, 0.2) is 0 Å². The number of rotatable bonds is 4. The third-order valence-corrected chi connectivity index (χ3v) is 3.19. The van der Waals surface area contributed by atoms with Crippen LogP contribution in [0.5, 0.6) is 5.75 Å². The summed E-state index contributed by atoms with van der Waals surface area (Å²) >= 11 is 0. The number of ether oxygens (including phenoxy) is 1. The molecule has 0 heterocycles. The van der Waals surface area contributed by atoms with Crippen LogP contribution in [0.3, 0.4) is 0 Å². The van der Waals surface area contributed by atoms with E-state index in [1.807, 2.05) is 0 Å². The lowest BCUT2D eigenvalue weighted by Gasteiger charge is -2.40. The Morgan fingerprint density at radius 1 is 1.40 bits per heavy atom. The van der Waals surface area contributed by atoms with Gasteiger partial charge in [-0.15, -0.1) is 0 Å². The van der Waals surface area contributed by atoms with Gasteiger partial charge in [0.05, 0.1) is 6.61 Å². The fraction of sp³-hybridized carbons (Fsp3) is 0.500. The zero-order valence-electron chi connectivity index (χ0n) is 8.71. The topological polar surface area (TPSA) is 35.2 Å². The van der Waals surface area contributed by atoms with Crippen LogP contribution in [0.15, 0.2) is 24.3 Å². The van der Waals surface area contributed by atoms with Crippen molar-refractivity contribution in [1.82, 2.24) is 0 Å². The van der Waals surface area contributed by atoms with Crippen molar-refractivity contribution in [3.63, 3.8) is 0 Å². The quantitative estimate of drug-likeness (QED) is 0.826. The molecule has 0 aliphatic heterocycles. The van der Waals surface area contributed by atoms with Crippen molar-refractivity contribution in [1.29, 1.82) is 0 Å². The number of hydrogen-bond acceptors (Lipinski definition) is 2. The molecule has 0 spiro atoms. The van der Waals surface area contributed by atoms with Crippen molar-refractivity contribution in [2.45, 2.75) is 19.3 Å². The zero-order chi connectivity index (χ0) is 10.7. The van der Waals surface area contributed by atoms with E-state index >= 15 is 0 Å². The van der Waals surface area contributed by atoms with E-state index in [-0.39, 0.29) is 11.2 Å². The maximum absolute atomic E-state index is 12.9. The molecule has 0 unspecified atom stereocenters. The van der Waals surface area contributed by atoms with Crippen molar-refractivity contribution < 1.29 is 9.13 Å². The summed E-state index contributed by atoms with van der Waals surface area (Å²) in [5, 5.41) is 0. The first-order chi connectivity index (χ1) is 7.24. The van der Waals surface area contributed by atoms with Crippen molar-refractivity contribution in [2.75, 3.05) is 13.2 Å². The molecule has 2 nitrogen and oxygen atoms in total. The maximum Gasteiger partial charge on any atom is 0.126 e. The molecule has 1 aromatic carbocycles. The second-order valence-electron chi connectivity index (χ2n) is 4.30. The molecule has 3 heteroatoms. The summed E-state index contributed by atoms with van der Waals surface area (Å²) in [6.45, 7) is 1.26. The molecule has 1 fully saturated rings. The van der Waals surface area contributed by atoms with Crippen molar-refractivity contribution in [3.8, 4) is 5.75 Å². The van der Waals surface area contributed by atoms with Crippen LogP contribution in [-0.4, -0.2) is 13.2 Å². The van der Waals surface area contributed by atoms with Gasteiger partial charge >= 0.3 is 0 Å². The molecule has 1 saturated carbocycles. The smallest absolute Gasteiger partial charge is 0.126 e. The van der Waals surface area contributed by atoms with Gasteiger partial charge in [0, 0.05) is 18.0 Å². The molecular formula is C12H16FNO. The van der Waals surface area contributed by atoms with Crippen LogP contribution in [0.1, 0.15) is 19.3 Å². The Hall–Kier alpha value is -1.09. The summed E-state index contributed by atoms with van der Waals surface area (Å²) in [6, 6.07) is 6.24. The minimum Gasteiger partial charge on any atom is -0.493 e. The van der Waals surface area contributed by atoms with Gasteiger partial charge in [-0.05, 0) is 25.0 Å². The maximum atomic E-state index is 12.9. The Kier molecular flexibility index (Phi) is 2.91. The van der Waals surface area contributed by atoms with Crippen molar-refractivity contribution in [3.05, 3.63) is 30.1 Å². The fourth-order valence-corrected chi connectivity index (χ4v) is 1.88. The van der Waals surface area contributed by atoms with Gasteiger partial charge in [0.2, 0.25) is 0 Å². The van der Waals surface area contributed by atoms with Gasteiger partial charge in [-0.1, -0.05) is 12.5 Å². The number of halogens is 1.